The Hall–Kier alpha value is -2.15. The molecule has 1 fully saturated rings. The standard InChI is InChI=1S/C14H16FNO5/c1-16(12-7-20-6-11(12)14(18)19)13(17)8-21-10-4-2-9(15)3-5-10/h2-5,11-12H,6-8H2,1H3,(H,18,19). The normalized spacial score (nSPS) is 21.0. The topological polar surface area (TPSA) is 76.1 Å². The van der Waals surface area contributed by atoms with Gasteiger partial charge in [-0.15, -0.1) is 0 Å². The van der Waals surface area contributed by atoms with Crippen LogP contribution in [0.1, 0.15) is 0 Å². The van der Waals surface area contributed by atoms with Crippen LogP contribution in [-0.2, 0) is 14.3 Å². The van der Waals surface area contributed by atoms with E-state index in [2.05, 4.69) is 0 Å². The van der Waals surface area contributed by atoms with Gasteiger partial charge in [-0.05, 0) is 24.3 Å². The minimum atomic E-state index is -0.989. The van der Waals surface area contributed by atoms with Crippen molar-refractivity contribution in [2.45, 2.75) is 6.04 Å². The number of hydrogen-bond donors (Lipinski definition) is 1. The molecule has 0 saturated carbocycles. The van der Waals surface area contributed by atoms with E-state index in [9.17, 15) is 14.0 Å². The zero-order valence-corrected chi connectivity index (χ0v) is 11.5. The van der Waals surface area contributed by atoms with Gasteiger partial charge in [-0.1, -0.05) is 0 Å². The van der Waals surface area contributed by atoms with Crippen LogP contribution in [0, 0.1) is 11.7 Å². The van der Waals surface area contributed by atoms with Gasteiger partial charge in [-0.3, -0.25) is 9.59 Å². The molecule has 0 spiro atoms. The van der Waals surface area contributed by atoms with Crippen molar-refractivity contribution < 1.29 is 28.6 Å². The van der Waals surface area contributed by atoms with Crippen molar-refractivity contribution in [1.82, 2.24) is 4.90 Å². The highest BCUT2D eigenvalue weighted by Crippen LogP contribution is 2.19. The molecule has 1 aliphatic heterocycles. The molecular weight excluding hydrogens is 281 g/mol. The number of carboxylic acids is 1. The fourth-order valence-corrected chi connectivity index (χ4v) is 2.12. The number of nitrogens with zero attached hydrogens (tertiary/aromatic N) is 1. The highest BCUT2D eigenvalue weighted by atomic mass is 19.1. The number of carbonyl (C=O) groups excluding carboxylic acids is 1. The van der Waals surface area contributed by atoms with Crippen LogP contribution in [0.2, 0.25) is 0 Å². The molecule has 0 aliphatic carbocycles. The molecule has 2 unspecified atom stereocenters. The second-order valence-electron chi connectivity index (χ2n) is 4.80. The van der Waals surface area contributed by atoms with Gasteiger partial charge in [-0.2, -0.15) is 0 Å². The second-order valence-corrected chi connectivity index (χ2v) is 4.80. The number of carboxylic acid groups (broad SMARTS) is 1. The van der Waals surface area contributed by atoms with Crippen molar-refractivity contribution in [3.8, 4) is 5.75 Å². The summed E-state index contributed by atoms with van der Waals surface area (Å²) >= 11 is 0. The summed E-state index contributed by atoms with van der Waals surface area (Å²) in [6.07, 6.45) is 0. The first kappa shape index (κ1) is 15.2. The molecule has 2 atom stereocenters. The van der Waals surface area contributed by atoms with Gasteiger partial charge in [0.1, 0.15) is 17.5 Å². The zero-order chi connectivity index (χ0) is 15.4. The first-order valence-electron chi connectivity index (χ1n) is 6.43. The average Bonchev–Trinajstić information content (AvgIpc) is 2.95. The summed E-state index contributed by atoms with van der Waals surface area (Å²) < 4.78 is 23.1. The van der Waals surface area contributed by atoms with Gasteiger partial charge < -0.3 is 19.5 Å². The lowest BCUT2D eigenvalue weighted by Crippen LogP contribution is -2.45. The molecule has 1 aliphatic rings. The lowest BCUT2D eigenvalue weighted by atomic mass is 10.0. The predicted molar refractivity (Wildman–Crippen MR) is 70.4 cm³/mol. The third-order valence-corrected chi connectivity index (χ3v) is 3.43. The van der Waals surface area contributed by atoms with Crippen molar-refractivity contribution in [1.29, 1.82) is 0 Å². The molecule has 1 heterocycles. The number of halogens is 1. The van der Waals surface area contributed by atoms with Crippen molar-refractivity contribution >= 4 is 11.9 Å². The molecule has 1 aromatic rings. The summed E-state index contributed by atoms with van der Waals surface area (Å²) in [7, 11) is 1.52. The van der Waals surface area contributed by atoms with Crippen molar-refractivity contribution in [2.75, 3.05) is 26.9 Å². The summed E-state index contributed by atoms with van der Waals surface area (Å²) in [6.45, 7) is 0.0389. The van der Waals surface area contributed by atoms with Crippen LogP contribution in [0.15, 0.2) is 24.3 Å². The first-order chi connectivity index (χ1) is 9.99. The van der Waals surface area contributed by atoms with E-state index in [0.717, 1.165) is 0 Å². The molecule has 1 N–H and O–H groups in total. The Balaban J connectivity index is 1.90. The van der Waals surface area contributed by atoms with Gasteiger partial charge >= 0.3 is 5.97 Å². The predicted octanol–water partition coefficient (Wildman–Crippen LogP) is 0.762. The zero-order valence-electron chi connectivity index (χ0n) is 11.5. The molecule has 1 aromatic carbocycles. The molecule has 1 amide bonds. The Bertz CT molecular complexity index is 519. The summed E-state index contributed by atoms with van der Waals surface area (Å²) in [5.41, 5.74) is 0. The average molecular weight is 297 g/mol. The number of amides is 1. The van der Waals surface area contributed by atoms with Gasteiger partial charge in [0.2, 0.25) is 0 Å². The monoisotopic (exact) mass is 297 g/mol. The third kappa shape index (κ3) is 3.69. The fraction of sp³-hybridized carbons (Fsp3) is 0.429. The number of aliphatic carboxylic acids is 1. The maximum absolute atomic E-state index is 12.7. The summed E-state index contributed by atoms with van der Waals surface area (Å²) in [5.74, 6) is -2.10. The Morgan fingerprint density at radius 3 is 2.67 bits per heavy atom. The van der Waals surface area contributed by atoms with E-state index >= 15 is 0 Å². The second kappa shape index (κ2) is 6.53. The Morgan fingerprint density at radius 1 is 1.38 bits per heavy atom. The SMILES string of the molecule is CN(C(=O)COc1ccc(F)cc1)C1COCC1C(=O)O. The lowest BCUT2D eigenvalue weighted by molar-refractivity contribution is -0.144. The largest absolute Gasteiger partial charge is 0.484 e. The van der Waals surface area contributed by atoms with Crippen LogP contribution < -0.4 is 4.74 Å². The highest BCUT2D eigenvalue weighted by Gasteiger charge is 2.38. The first-order valence-corrected chi connectivity index (χ1v) is 6.43. The van der Waals surface area contributed by atoms with Crippen LogP contribution in [0.3, 0.4) is 0 Å². The van der Waals surface area contributed by atoms with E-state index in [1.165, 1.54) is 36.2 Å². The molecule has 114 valence electrons. The molecular formula is C14H16FNO5. The molecule has 0 aromatic heterocycles. The summed E-state index contributed by atoms with van der Waals surface area (Å²) in [6, 6.07) is 4.79. The minimum absolute atomic E-state index is 0.0937. The number of hydrogen-bond acceptors (Lipinski definition) is 4. The smallest absolute Gasteiger partial charge is 0.311 e. The molecule has 21 heavy (non-hydrogen) atoms. The molecule has 6 nitrogen and oxygen atoms in total. The van der Waals surface area contributed by atoms with E-state index in [0.29, 0.717) is 5.75 Å². The third-order valence-electron chi connectivity index (χ3n) is 3.43. The molecule has 1 saturated heterocycles. The van der Waals surface area contributed by atoms with Gasteiger partial charge in [-0.25, -0.2) is 4.39 Å². The van der Waals surface area contributed by atoms with Crippen LogP contribution in [0.4, 0.5) is 4.39 Å². The van der Waals surface area contributed by atoms with Crippen LogP contribution in [0.25, 0.3) is 0 Å². The van der Waals surface area contributed by atoms with Gasteiger partial charge in [0, 0.05) is 7.05 Å². The Kier molecular flexibility index (Phi) is 4.74. The summed E-state index contributed by atoms with van der Waals surface area (Å²) in [5, 5.41) is 9.06. The quantitative estimate of drug-likeness (QED) is 0.868. The van der Waals surface area contributed by atoms with Crippen molar-refractivity contribution in [3.05, 3.63) is 30.1 Å². The van der Waals surface area contributed by atoms with E-state index in [1.54, 1.807) is 0 Å². The molecule has 0 bridgehead atoms. The Labute approximate surface area is 121 Å². The van der Waals surface area contributed by atoms with Crippen molar-refractivity contribution in [3.63, 3.8) is 0 Å². The maximum atomic E-state index is 12.7. The molecule has 0 radical (unpaired) electrons. The van der Waals surface area contributed by atoms with Crippen LogP contribution in [-0.4, -0.2) is 54.8 Å². The fourth-order valence-electron chi connectivity index (χ4n) is 2.12. The van der Waals surface area contributed by atoms with Gasteiger partial charge in [0.05, 0.1) is 19.3 Å². The number of likely N-dealkylation sites (N-methyl/N-ethyl adjacent to an activating group) is 1. The number of rotatable bonds is 5. The maximum Gasteiger partial charge on any atom is 0.311 e. The summed E-state index contributed by atoms with van der Waals surface area (Å²) in [4.78, 5) is 24.4. The number of carbonyl (C=O) groups is 2. The van der Waals surface area contributed by atoms with Gasteiger partial charge in [0.15, 0.2) is 6.61 Å². The number of benzene rings is 1. The van der Waals surface area contributed by atoms with E-state index in [4.69, 9.17) is 14.6 Å². The van der Waals surface area contributed by atoms with E-state index < -0.39 is 23.7 Å². The molecule has 7 heteroatoms. The minimum Gasteiger partial charge on any atom is -0.484 e. The van der Waals surface area contributed by atoms with E-state index in [1.807, 2.05) is 0 Å². The van der Waals surface area contributed by atoms with E-state index in [-0.39, 0.29) is 25.7 Å². The Morgan fingerprint density at radius 2 is 2.05 bits per heavy atom. The highest BCUT2D eigenvalue weighted by molar-refractivity contribution is 5.79. The molecule has 2 rings (SSSR count). The number of ether oxygens (including phenoxy) is 2. The lowest BCUT2D eigenvalue weighted by Gasteiger charge is -2.26. The van der Waals surface area contributed by atoms with Gasteiger partial charge in [0.25, 0.3) is 5.91 Å². The van der Waals surface area contributed by atoms with Crippen LogP contribution >= 0.6 is 0 Å². The van der Waals surface area contributed by atoms with Crippen molar-refractivity contribution in [2.24, 2.45) is 5.92 Å². The van der Waals surface area contributed by atoms with Crippen LogP contribution in [0.5, 0.6) is 5.75 Å².